The van der Waals surface area contributed by atoms with Crippen molar-refractivity contribution in [2.75, 3.05) is 31.6 Å². The Balaban J connectivity index is 0.00000363. The molecule has 32 heavy (non-hydrogen) atoms. The standard InChI is InChI=1S/C24H34N4O3.HI/c1-3-30-21-9-10-23(31-4-2)22(15-21)27-24(25)26-16-18-5-7-19(8-6-18)17-28-13-11-20(29)12-14-28;/h5-10,15,20,29H,3-4,11-14,16-17H2,1-2H3,(H3,25,26,27);1H. The zero-order valence-corrected chi connectivity index (χ0v) is 21.2. The number of nitrogens with zero attached hydrogens (tertiary/aromatic N) is 2. The van der Waals surface area contributed by atoms with Gasteiger partial charge < -0.3 is 25.6 Å². The van der Waals surface area contributed by atoms with Crippen molar-refractivity contribution in [3.8, 4) is 11.5 Å². The third kappa shape index (κ3) is 8.14. The summed E-state index contributed by atoms with van der Waals surface area (Å²) in [4.78, 5) is 6.85. The lowest BCUT2D eigenvalue weighted by molar-refractivity contribution is 0.0792. The summed E-state index contributed by atoms with van der Waals surface area (Å²) in [5, 5.41) is 12.8. The highest BCUT2D eigenvalue weighted by Gasteiger charge is 2.16. The maximum atomic E-state index is 9.64. The van der Waals surface area contributed by atoms with Crippen LogP contribution in [0.5, 0.6) is 11.5 Å². The number of aliphatic hydroxyl groups excluding tert-OH is 1. The first-order valence-electron chi connectivity index (χ1n) is 11.0. The van der Waals surface area contributed by atoms with E-state index in [-0.39, 0.29) is 30.1 Å². The van der Waals surface area contributed by atoms with E-state index in [1.165, 1.54) is 5.56 Å². The van der Waals surface area contributed by atoms with E-state index in [0.717, 1.165) is 49.5 Å². The fraction of sp³-hybridized carbons (Fsp3) is 0.458. The monoisotopic (exact) mass is 554 g/mol. The third-order valence-corrected chi connectivity index (χ3v) is 5.24. The Bertz CT molecular complexity index is 853. The second-order valence-electron chi connectivity index (χ2n) is 7.67. The molecular weight excluding hydrogens is 519 g/mol. The minimum atomic E-state index is -0.137. The van der Waals surface area contributed by atoms with Crippen LogP contribution >= 0.6 is 24.0 Å². The molecule has 2 aromatic rings. The summed E-state index contributed by atoms with van der Waals surface area (Å²) < 4.78 is 11.2. The van der Waals surface area contributed by atoms with Crippen molar-refractivity contribution in [3.63, 3.8) is 0 Å². The molecule has 0 atom stereocenters. The number of guanidine groups is 1. The predicted octanol–water partition coefficient (Wildman–Crippen LogP) is 3.99. The number of anilines is 1. The van der Waals surface area contributed by atoms with Crippen LogP contribution in [0.25, 0.3) is 0 Å². The van der Waals surface area contributed by atoms with E-state index in [4.69, 9.17) is 15.2 Å². The predicted molar refractivity (Wildman–Crippen MR) is 140 cm³/mol. The lowest BCUT2D eigenvalue weighted by Crippen LogP contribution is -2.35. The zero-order valence-electron chi connectivity index (χ0n) is 18.9. The van der Waals surface area contributed by atoms with Gasteiger partial charge in [-0.2, -0.15) is 0 Å². The van der Waals surface area contributed by atoms with Crippen molar-refractivity contribution in [2.45, 2.75) is 45.9 Å². The molecule has 1 aliphatic rings. The van der Waals surface area contributed by atoms with Crippen molar-refractivity contribution in [2.24, 2.45) is 10.7 Å². The summed E-state index contributed by atoms with van der Waals surface area (Å²) in [7, 11) is 0. The number of ether oxygens (including phenoxy) is 2. The summed E-state index contributed by atoms with van der Waals surface area (Å²) in [6.07, 6.45) is 1.58. The summed E-state index contributed by atoms with van der Waals surface area (Å²) >= 11 is 0. The summed E-state index contributed by atoms with van der Waals surface area (Å²) in [6, 6.07) is 14.1. The van der Waals surface area contributed by atoms with E-state index >= 15 is 0 Å². The Kier molecular flexibility index (Phi) is 11.1. The Morgan fingerprint density at radius 1 is 1.06 bits per heavy atom. The Morgan fingerprint density at radius 2 is 1.72 bits per heavy atom. The lowest BCUT2D eigenvalue weighted by atomic mass is 10.1. The summed E-state index contributed by atoms with van der Waals surface area (Å²) in [6.45, 7) is 8.34. The van der Waals surface area contributed by atoms with Crippen molar-refractivity contribution in [1.82, 2.24) is 4.90 Å². The van der Waals surface area contributed by atoms with Crippen LogP contribution in [0.2, 0.25) is 0 Å². The molecule has 0 aromatic heterocycles. The SMILES string of the molecule is CCOc1ccc(OCC)c(NC(N)=NCc2ccc(CN3CCC(O)CC3)cc2)c1.I. The van der Waals surface area contributed by atoms with Gasteiger partial charge in [0.1, 0.15) is 11.5 Å². The van der Waals surface area contributed by atoms with Crippen LogP contribution in [0.4, 0.5) is 5.69 Å². The van der Waals surface area contributed by atoms with Gasteiger partial charge in [-0.15, -0.1) is 24.0 Å². The third-order valence-electron chi connectivity index (χ3n) is 5.24. The number of aliphatic imine (C=N–C) groups is 1. The number of likely N-dealkylation sites (tertiary alicyclic amines) is 1. The summed E-state index contributed by atoms with van der Waals surface area (Å²) in [5.41, 5.74) is 9.22. The topological polar surface area (TPSA) is 92.3 Å². The molecule has 1 saturated heterocycles. The average Bonchev–Trinajstić information content (AvgIpc) is 2.77. The van der Waals surface area contributed by atoms with E-state index in [0.29, 0.717) is 31.5 Å². The van der Waals surface area contributed by atoms with Crippen LogP contribution in [0.15, 0.2) is 47.5 Å². The van der Waals surface area contributed by atoms with E-state index in [2.05, 4.69) is 39.5 Å². The van der Waals surface area contributed by atoms with E-state index in [1.54, 1.807) is 0 Å². The van der Waals surface area contributed by atoms with Crippen LogP contribution in [0.1, 0.15) is 37.8 Å². The highest BCUT2D eigenvalue weighted by Crippen LogP contribution is 2.29. The largest absolute Gasteiger partial charge is 0.494 e. The molecule has 2 aromatic carbocycles. The van der Waals surface area contributed by atoms with Gasteiger partial charge in [0.25, 0.3) is 0 Å². The second-order valence-corrected chi connectivity index (χ2v) is 7.67. The normalized spacial score (nSPS) is 15.2. The number of aliphatic hydroxyl groups is 1. The molecule has 0 aliphatic carbocycles. The first-order valence-corrected chi connectivity index (χ1v) is 11.0. The van der Waals surface area contributed by atoms with Crippen LogP contribution in [0.3, 0.4) is 0 Å². The maximum Gasteiger partial charge on any atom is 0.193 e. The molecule has 3 rings (SSSR count). The van der Waals surface area contributed by atoms with Gasteiger partial charge >= 0.3 is 0 Å². The number of hydrogen-bond acceptors (Lipinski definition) is 5. The second kappa shape index (κ2) is 13.5. The zero-order chi connectivity index (χ0) is 22.1. The molecule has 1 fully saturated rings. The molecule has 0 amide bonds. The van der Waals surface area contributed by atoms with Gasteiger partial charge in [0.2, 0.25) is 0 Å². The number of nitrogens with two attached hydrogens (primary N) is 1. The van der Waals surface area contributed by atoms with Gasteiger partial charge in [-0.3, -0.25) is 4.90 Å². The Morgan fingerprint density at radius 3 is 2.38 bits per heavy atom. The molecule has 0 bridgehead atoms. The lowest BCUT2D eigenvalue weighted by Gasteiger charge is -2.29. The number of hydrogen-bond donors (Lipinski definition) is 3. The van der Waals surface area contributed by atoms with Crippen molar-refractivity contribution in [1.29, 1.82) is 0 Å². The fourth-order valence-corrected chi connectivity index (χ4v) is 3.58. The first kappa shape index (κ1) is 26.2. The Labute approximate surface area is 208 Å². The minimum Gasteiger partial charge on any atom is -0.494 e. The molecule has 4 N–H and O–H groups in total. The first-order chi connectivity index (χ1) is 15.1. The van der Waals surface area contributed by atoms with Crippen molar-refractivity contribution < 1.29 is 14.6 Å². The van der Waals surface area contributed by atoms with Gasteiger partial charge in [0.15, 0.2) is 5.96 Å². The fourth-order valence-electron chi connectivity index (χ4n) is 3.58. The van der Waals surface area contributed by atoms with Crippen LogP contribution in [-0.4, -0.2) is 48.4 Å². The highest BCUT2D eigenvalue weighted by molar-refractivity contribution is 14.0. The molecule has 0 spiro atoms. The van der Waals surface area contributed by atoms with Gasteiger partial charge in [-0.1, -0.05) is 24.3 Å². The molecule has 176 valence electrons. The van der Waals surface area contributed by atoms with E-state index < -0.39 is 0 Å². The van der Waals surface area contributed by atoms with Gasteiger partial charge in [0.05, 0.1) is 31.5 Å². The number of piperidine rings is 1. The smallest absolute Gasteiger partial charge is 0.193 e. The highest BCUT2D eigenvalue weighted by atomic mass is 127. The molecule has 0 radical (unpaired) electrons. The molecule has 8 heteroatoms. The molecule has 7 nitrogen and oxygen atoms in total. The van der Waals surface area contributed by atoms with Crippen LogP contribution < -0.4 is 20.5 Å². The minimum absolute atomic E-state index is 0. The molecule has 0 unspecified atom stereocenters. The van der Waals surface area contributed by atoms with Crippen molar-refractivity contribution >= 4 is 35.6 Å². The van der Waals surface area contributed by atoms with Gasteiger partial charge in [-0.25, -0.2) is 4.99 Å². The van der Waals surface area contributed by atoms with Gasteiger partial charge in [0, 0.05) is 25.7 Å². The van der Waals surface area contributed by atoms with Crippen LogP contribution in [0, 0.1) is 0 Å². The molecular formula is C24H35IN4O3. The molecule has 1 heterocycles. The van der Waals surface area contributed by atoms with Crippen LogP contribution in [-0.2, 0) is 13.1 Å². The molecule has 1 aliphatic heterocycles. The quantitative estimate of drug-likeness (QED) is 0.247. The van der Waals surface area contributed by atoms with E-state index in [9.17, 15) is 5.11 Å². The van der Waals surface area contributed by atoms with E-state index in [1.807, 2.05) is 32.0 Å². The Hall–Kier alpha value is -2.04. The average molecular weight is 554 g/mol. The number of rotatable bonds is 9. The maximum absolute atomic E-state index is 9.64. The van der Waals surface area contributed by atoms with Crippen molar-refractivity contribution in [3.05, 3.63) is 53.6 Å². The number of benzene rings is 2. The number of nitrogens with one attached hydrogen (secondary N) is 1. The summed E-state index contributed by atoms with van der Waals surface area (Å²) in [5.74, 6) is 1.78. The molecule has 0 saturated carbocycles. The van der Waals surface area contributed by atoms with Gasteiger partial charge in [-0.05, 0) is 49.9 Å². The number of halogens is 1.